The minimum absolute atomic E-state index is 0.0922. The average Bonchev–Trinajstić information content (AvgIpc) is 3.38. The molecule has 2 amide bonds. The van der Waals surface area contributed by atoms with E-state index in [-0.39, 0.29) is 27.9 Å². The fraction of sp³-hybridized carbons (Fsp3) is 0.333. The second-order valence-corrected chi connectivity index (χ2v) is 10.4. The zero-order chi connectivity index (χ0) is 27.6. The number of hydrogen-bond acceptors (Lipinski definition) is 12. The molecular formula is C21H21N7O8S2. The molecule has 1 aromatic carbocycles. The summed E-state index contributed by atoms with van der Waals surface area (Å²) in [5.41, 5.74) is 6.33. The van der Waals surface area contributed by atoms with Gasteiger partial charge in [0.1, 0.15) is 28.9 Å². The number of hydrogen-bond donors (Lipinski definition) is 5. The van der Waals surface area contributed by atoms with E-state index < -0.39 is 58.9 Å². The van der Waals surface area contributed by atoms with Crippen LogP contribution >= 0.6 is 23.5 Å². The molecule has 2 aliphatic rings. The number of ether oxygens (including phenoxy) is 1. The van der Waals surface area contributed by atoms with Crippen molar-refractivity contribution < 1.29 is 38.9 Å². The molecule has 17 heteroatoms. The number of aromatic amines is 1. The average molecular weight is 564 g/mol. The first-order valence-corrected chi connectivity index (χ1v) is 12.9. The number of aliphatic carboxylic acids is 2. The maximum Gasteiger partial charge on any atom is 0.352 e. The summed E-state index contributed by atoms with van der Waals surface area (Å²) in [7, 11) is 0. The Labute approximate surface area is 222 Å². The molecular weight excluding hydrogens is 542 g/mol. The summed E-state index contributed by atoms with van der Waals surface area (Å²) >= 11 is 2.10. The third kappa shape index (κ3) is 5.63. The van der Waals surface area contributed by atoms with E-state index in [2.05, 4.69) is 25.9 Å². The van der Waals surface area contributed by atoms with Crippen molar-refractivity contribution in [1.29, 1.82) is 0 Å². The molecule has 15 nitrogen and oxygen atoms in total. The quantitative estimate of drug-likeness (QED) is 0.106. The Bertz CT molecular complexity index is 1300. The number of carboxylic acid groups (broad SMARTS) is 2. The zero-order valence-electron chi connectivity index (χ0n) is 19.6. The Morgan fingerprint density at radius 2 is 2.00 bits per heavy atom. The number of nitrogens with one attached hydrogen (secondary N) is 2. The molecule has 4 rings (SSSR count). The fourth-order valence-electron chi connectivity index (χ4n) is 3.92. The first-order valence-electron chi connectivity index (χ1n) is 10.9. The Morgan fingerprint density at radius 3 is 2.58 bits per heavy atom. The lowest BCUT2D eigenvalue weighted by molar-refractivity contribution is -0.150. The van der Waals surface area contributed by atoms with Crippen LogP contribution in [-0.4, -0.2) is 87.9 Å². The number of esters is 1. The van der Waals surface area contributed by atoms with Crippen molar-refractivity contribution in [3.63, 3.8) is 0 Å². The molecule has 0 radical (unpaired) electrons. The molecule has 6 N–H and O–H groups in total. The van der Waals surface area contributed by atoms with Crippen LogP contribution < -0.4 is 15.8 Å². The number of benzene rings is 1. The molecule has 0 bridgehead atoms. The SMILES string of the molecule is CC(=O)Oc1ccc(C(N)C(=O)NC2C(=O)N3C(C(=O)O)=C(C(CC(=O)O)Sc4nn[nH]n4)CS[C@@H]23)cc1. The summed E-state index contributed by atoms with van der Waals surface area (Å²) < 4.78 is 4.95. The zero-order valence-corrected chi connectivity index (χ0v) is 21.2. The second kappa shape index (κ2) is 11.2. The molecule has 1 fully saturated rings. The monoisotopic (exact) mass is 563 g/mol. The molecule has 0 aliphatic carbocycles. The van der Waals surface area contributed by atoms with Crippen LogP contribution in [0.15, 0.2) is 40.7 Å². The van der Waals surface area contributed by atoms with Gasteiger partial charge in [-0.3, -0.25) is 24.1 Å². The minimum Gasteiger partial charge on any atom is -0.481 e. The molecule has 4 atom stereocenters. The third-order valence-electron chi connectivity index (χ3n) is 5.60. The molecule has 0 saturated carbocycles. The van der Waals surface area contributed by atoms with Gasteiger partial charge in [-0.1, -0.05) is 23.9 Å². The van der Waals surface area contributed by atoms with Gasteiger partial charge >= 0.3 is 17.9 Å². The Kier molecular flexibility index (Phi) is 7.98. The van der Waals surface area contributed by atoms with Gasteiger partial charge in [0, 0.05) is 17.9 Å². The number of fused-ring (bicyclic) bond motifs is 1. The molecule has 1 aromatic heterocycles. The summed E-state index contributed by atoms with van der Waals surface area (Å²) in [6.07, 6.45) is -0.441. The van der Waals surface area contributed by atoms with Crippen molar-refractivity contribution in [1.82, 2.24) is 30.8 Å². The van der Waals surface area contributed by atoms with Crippen LogP contribution in [0.25, 0.3) is 0 Å². The van der Waals surface area contributed by atoms with Crippen LogP contribution in [0, 0.1) is 0 Å². The van der Waals surface area contributed by atoms with Gasteiger partial charge in [0.05, 0.1) is 6.42 Å². The van der Waals surface area contributed by atoms with Crippen LogP contribution in [0.4, 0.5) is 0 Å². The van der Waals surface area contributed by atoms with Gasteiger partial charge in [-0.2, -0.15) is 5.21 Å². The van der Waals surface area contributed by atoms with Gasteiger partial charge in [0.2, 0.25) is 11.1 Å². The van der Waals surface area contributed by atoms with E-state index in [0.29, 0.717) is 5.56 Å². The standard InChI is InChI=1S/C21H21N7O8S2/c1-8(29)36-10-4-2-9(3-5-10)14(22)17(32)23-15-18(33)28-16(20(34)35)11(7-37-19(15)28)12(6-13(30)31)38-21-24-26-27-25-21/h2-5,12,14-15,19H,6-7,22H2,1H3,(H,23,32)(H,30,31)(H,34,35)(H,24,25,26,27)/t12?,14?,15?,19-/m0/s1. The topological polar surface area (TPSA) is 231 Å². The number of tetrazole rings is 1. The number of nitrogens with two attached hydrogens (primary N) is 1. The molecule has 1 saturated heterocycles. The number of amides is 2. The van der Waals surface area contributed by atoms with Gasteiger partial charge < -0.3 is 26.0 Å². The summed E-state index contributed by atoms with van der Waals surface area (Å²) in [5.74, 6) is -4.04. The van der Waals surface area contributed by atoms with Gasteiger partial charge in [-0.05, 0) is 28.5 Å². The number of carbonyl (C=O) groups is 5. The number of carbonyl (C=O) groups excluding carboxylic acids is 3. The van der Waals surface area contributed by atoms with Gasteiger partial charge in [0.25, 0.3) is 5.91 Å². The van der Waals surface area contributed by atoms with Gasteiger partial charge in [0.15, 0.2) is 0 Å². The summed E-state index contributed by atoms with van der Waals surface area (Å²) in [6.45, 7) is 1.25. The largest absolute Gasteiger partial charge is 0.481 e. The lowest BCUT2D eigenvalue weighted by Crippen LogP contribution is -2.71. The molecule has 38 heavy (non-hydrogen) atoms. The van der Waals surface area contributed by atoms with Crippen LogP contribution in [0.1, 0.15) is 24.9 Å². The van der Waals surface area contributed by atoms with Crippen LogP contribution in [0.2, 0.25) is 0 Å². The van der Waals surface area contributed by atoms with Crippen molar-refractivity contribution in [2.45, 2.75) is 41.2 Å². The van der Waals surface area contributed by atoms with E-state index >= 15 is 0 Å². The first kappa shape index (κ1) is 27.1. The summed E-state index contributed by atoms with van der Waals surface area (Å²) in [4.78, 5) is 61.6. The van der Waals surface area contributed by atoms with E-state index in [1.807, 2.05) is 0 Å². The maximum absolute atomic E-state index is 13.0. The van der Waals surface area contributed by atoms with Crippen molar-refractivity contribution >= 4 is 53.2 Å². The first-order chi connectivity index (χ1) is 18.1. The van der Waals surface area contributed by atoms with Gasteiger partial charge in [-0.15, -0.1) is 22.0 Å². The molecule has 2 aromatic rings. The second-order valence-electron chi connectivity index (χ2n) is 8.11. The predicted molar refractivity (Wildman–Crippen MR) is 130 cm³/mol. The lowest BCUT2D eigenvalue weighted by Gasteiger charge is -2.50. The minimum atomic E-state index is -1.41. The van der Waals surface area contributed by atoms with E-state index in [4.69, 9.17) is 10.5 Å². The summed E-state index contributed by atoms with van der Waals surface area (Å²) in [6, 6.07) is 3.79. The number of carboxylic acids is 2. The smallest absolute Gasteiger partial charge is 0.352 e. The van der Waals surface area contributed by atoms with Crippen LogP contribution in [0.5, 0.6) is 5.75 Å². The highest BCUT2D eigenvalue weighted by Crippen LogP contribution is 2.44. The van der Waals surface area contributed by atoms with E-state index in [0.717, 1.165) is 16.7 Å². The predicted octanol–water partition coefficient (Wildman–Crippen LogP) is -0.501. The van der Waals surface area contributed by atoms with Crippen LogP contribution in [-0.2, 0) is 24.0 Å². The van der Waals surface area contributed by atoms with Crippen LogP contribution in [0.3, 0.4) is 0 Å². The van der Waals surface area contributed by atoms with Crippen molar-refractivity contribution in [3.05, 3.63) is 41.1 Å². The highest BCUT2D eigenvalue weighted by Gasteiger charge is 2.55. The third-order valence-corrected chi connectivity index (χ3v) is 8.03. The number of β-lactam (4-membered cyclic amide) rings is 1. The molecule has 200 valence electrons. The normalized spacial score (nSPS) is 20.2. The number of rotatable bonds is 10. The Morgan fingerprint density at radius 1 is 1.29 bits per heavy atom. The number of nitrogens with zero attached hydrogens (tertiary/aromatic N) is 4. The van der Waals surface area contributed by atoms with Crippen molar-refractivity contribution in [3.8, 4) is 5.75 Å². The number of thioether (sulfide) groups is 2. The van der Waals surface area contributed by atoms with Crippen molar-refractivity contribution in [2.24, 2.45) is 5.73 Å². The lowest BCUT2D eigenvalue weighted by atomic mass is 9.99. The number of H-pyrrole nitrogens is 1. The van der Waals surface area contributed by atoms with Gasteiger partial charge in [-0.25, -0.2) is 4.79 Å². The van der Waals surface area contributed by atoms with Crippen molar-refractivity contribution in [2.75, 3.05) is 5.75 Å². The fourth-order valence-corrected chi connectivity index (χ4v) is 6.45. The highest BCUT2D eigenvalue weighted by atomic mass is 32.2. The molecule has 3 unspecified atom stereocenters. The highest BCUT2D eigenvalue weighted by molar-refractivity contribution is 8.01. The Hall–Kier alpha value is -3.96. The maximum atomic E-state index is 13.0. The molecule has 3 heterocycles. The van der Waals surface area contributed by atoms with E-state index in [1.165, 1.54) is 43.0 Å². The number of aromatic nitrogens is 4. The summed E-state index contributed by atoms with van der Waals surface area (Å²) in [5, 5.41) is 33.6. The van der Waals surface area contributed by atoms with E-state index in [9.17, 15) is 34.2 Å². The Balaban J connectivity index is 1.50. The van der Waals surface area contributed by atoms with E-state index in [1.54, 1.807) is 0 Å². The molecule has 2 aliphatic heterocycles. The molecule has 0 spiro atoms.